The Morgan fingerprint density at radius 3 is 2.40 bits per heavy atom. The van der Waals surface area contributed by atoms with Crippen molar-refractivity contribution in [2.45, 2.75) is 27.3 Å². The first-order valence-corrected chi connectivity index (χ1v) is 6.73. The number of carbonyl (C=O) groups excluding carboxylic acids is 1. The van der Waals surface area contributed by atoms with Crippen LogP contribution in [0.1, 0.15) is 25.0 Å². The molecule has 0 radical (unpaired) electrons. The monoisotopic (exact) mass is 274 g/mol. The van der Waals surface area contributed by atoms with E-state index in [0.29, 0.717) is 12.4 Å². The second kappa shape index (κ2) is 7.99. The van der Waals surface area contributed by atoms with Crippen molar-refractivity contribution in [2.75, 3.05) is 5.32 Å². The van der Waals surface area contributed by atoms with Gasteiger partial charge < -0.3 is 5.32 Å². The van der Waals surface area contributed by atoms with Gasteiger partial charge in [0.15, 0.2) is 5.82 Å². The van der Waals surface area contributed by atoms with E-state index in [2.05, 4.69) is 15.7 Å². The third-order valence-electron chi connectivity index (χ3n) is 2.53. The molecular formula is C15H22N4O. The third kappa shape index (κ3) is 5.14. The molecule has 5 heteroatoms. The van der Waals surface area contributed by atoms with Gasteiger partial charge in [-0.25, -0.2) is 4.79 Å². The van der Waals surface area contributed by atoms with Gasteiger partial charge in [-0.05, 0) is 12.5 Å². The molecule has 0 aliphatic rings. The van der Waals surface area contributed by atoms with Gasteiger partial charge in [-0.2, -0.15) is 5.10 Å². The minimum Gasteiger partial charge on any atom is -0.334 e. The first kappa shape index (κ1) is 15.8. The number of anilines is 1. The highest BCUT2D eigenvalue weighted by Crippen LogP contribution is 2.03. The molecule has 0 aliphatic heterocycles. The summed E-state index contributed by atoms with van der Waals surface area (Å²) >= 11 is 0. The Balaban J connectivity index is 0.000000956. The molecule has 0 saturated heterocycles. The Bertz CT molecular complexity index is 531. The standard InChI is InChI=1S/C13H16N4O.C2H6/c1-10-3-5-11(6-4-10)9-14-13(18)15-12-7-8-17(2)16-12;1-2/h3-8H,9H2,1-2H3,(H2,14,15,16,18);1-2H3. The molecule has 0 fully saturated rings. The third-order valence-corrected chi connectivity index (χ3v) is 2.53. The van der Waals surface area contributed by atoms with Crippen molar-refractivity contribution in [1.82, 2.24) is 15.1 Å². The number of hydrogen-bond donors (Lipinski definition) is 2. The lowest BCUT2D eigenvalue weighted by atomic mass is 10.1. The minimum absolute atomic E-state index is 0.255. The Kier molecular flexibility index (Phi) is 6.29. The molecule has 2 aromatic rings. The van der Waals surface area contributed by atoms with E-state index in [1.54, 1.807) is 24.0 Å². The molecule has 1 heterocycles. The minimum atomic E-state index is -0.255. The van der Waals surface area contributed by atoms with Crippen molar-refractivity contribution in [1.29, 1.82) is 0 Å². The van der Waals surface area contributed by atoms with E-state index in [1.807, 2.05) is 45.0 Å². The van der Waals surface area contributed by atoms with Crippen molar-refractivity contribution in [3.05, 3.63) is 47.7 Å². The quantitative estimate of drug-likeness (QED) is 0.903. The van der Waals surface area contributed by atoms with Crippen molar-refractivity contribution >= 4 is 11.8 Å². The summed E-state index contributed by atoms with van der Waals surface area (Å²) in [7, 11) is 1.80. The molecule has 1 aromatic carbocycles. The Morgan fingerprint density at radius 2 is 1.85 bits per heavy atom. The number of aromatic nitrogens is 2. The van der Waals surface area contributed by atoms with Crippen LogP contribution in [0.15, 0.2) is 36.5 Å². The van der Waals surface area contributed by atoms with Crippen LogP contribution in [-0.4, -0.2) is 15.8 Å². The number of nitrogens with one attached hydrogen (secondary N) is 2. The summed E-state index contributed by atoms with van der Waals surface area (Å²) in [6.07, 6.45) is 1.77. The van der Waals surface area contributed by atoms with Gasteiger partial charge in [0.2, 0.25) is 0 Å². The summed E-state index contributed by atoms with van der Waals surface area (Å²) in [5, 5.41) is 9.50. The van der Waals surface area contributed by atoms with Crippen LogP contribution >= 0.6 is 0 Å². The van der Waals surface area contributed by atoms with Crippen molar-refractivity contribution in [3.63, 3.8) is 0 Å². The first-order chi connectivity index (χ1) is 9.63. The number of benzene rings is 1. The maximum absolute atomic E-state index is 11.6. The lowest BCUT2D eigenvalue weighted by Crippen LogP contribution is -2.28. The predicted octanol–water partition coefficient (Wildman–Crippen LogP) is 3.08. The highest BCUT2D eigenvalue weighted by atomic mass is 16.2. The maximum atomic E-state index is 11.6. The van der Waals surface area contributed by atoms with Crippen molar-refractivity contribution in [2.24, 2.45) is 7.05 Å². The zero-order valence-electron chi connectivity index (χ0n) is 12.5. The zero-order chi connectivity index (χ0) is 15.0. The smallest absolute Gasteiger partial charge is 0.320 e. The average molecular weight is 274 g/mol. The molecule has 0 saturated carbocycles. The molecule has 0 bridgehead atoms. The van der Waals surface area contributed by atoms with Crippen LogP contribution in [0.25, 0.3) is 0 Å². The van der Waals surface area contributed by atoms with Gasteiger partial charge in [-0.15, -0.1) is 0 Å². The number of carbonyl (C=O) groups is 1. The number of hydrogen-bond acceptors (Lipinski definition) is 2. The fraction of sp³-hybridized carbons (Fsp3) is 0.333. The van der Waals surface area contributed by atoms with Gasteiger partial charge in [0.1, 0.15) is 0 Å². The molecule has 20 heavy (non-hydrogen) atoms. The summed E-state index contributed by atoms with van der Waals surface area (Å²) in [6.45, 7) is 6.53. The topological polar surface area (TPSA) is 59.0 Å². The summed E-state index contributed by atoms with van der Waals surface area (Å²) in [4.78, 5) is 11.6. The predicted molar refractivity (Wildman–Crippen MR) is 81.6 cm³/mol. The highest BCUT2D eigenvalue weighted by Gasteiger charge is 2.03. The van der Waals surface area contributed by atoms with Gasteiger partial charge >= 0.3 is 6.03 Å². The Morgan fingerprint density at radius 1 is 1.20 bits per heavy atom. The molecule has 5 nitrogen and oxygen atoms in total. The number of rotatable bonds is 3. The van der Waals surface area contributed by atoms with Gasteiger partial charge in [0, 0.05) is 25.9 Å². The van der Waals surface area contributed by atoms with Crippen molar-refractivity contribution in [3.8, 4) is 0 Å². The molecule has 2 N–H and O–H groups in total. The summed E-state index contributed by atoms with van der Waals surface area (Å²) in [6, 6.07) is 9.52. The number of aryl methyl sites for hydroxylation is 2. The Labute approximate surface area is 120 Å². The van der Waals surface area contributed by atoms with Crippen LogP contribution in [0.4, 0.5) is 10.6 Å². The van der Waals surface area contributed by atoms with Gasteiger partial charge in [0.05, 0.1) is 0 Å². The maximum Gasteiger partial charge on any atom is 0.320 e. The molecule has 2 rings (SSSR count). The summed E-state index contributed by atoms with van der Waals surface area (Å²) in [5.41, 5.74) is 2.27. The van der Waals surface area contributed by atoms with E-state index >= 15 is 0 Å². The molecule has 0 spiro atoms. The van der Waals surface area contributed by atoms with Crippen LogP contribution in [0, 0.1) is 6.92 Å². The molecule has 108 valence electrons. The molecule has 0 unspecified atom stereocenters. The van der Waals surface area contributed by atoms with Gasteiger partial charge in [-0.1, -0.05) is 43.7 Å². The molecule has 0 aliphatic carbocycles. The number of amides is 2. The molecule has 0 atom stereocenters. The van der Waals surface area contributed by atoms with Gasteiger partial charge in [-0.3, -0.25) is 10.00 Å². The highest BCUT2D eigenvalue weighted by molar-refractivity contribution is 5.88. The summed E-state index contributed by atoms with van der Waals surface area (Å²) < 4.78 is 1.63. The summed E-state index contributed by atoms with van der Waals surface area (Å²) in [5.74, 6) is 0.541. The van der Waals surface area contributed by atoms with E-state index in [4.69, 9.17) is 0 Å². The van der Waals surface area contributed by atoms with Crippen molar-refractivity contribution < 1.29 is 4.79 Å². The van der Waals surface area contributed by atoms with Crippen LogP contribution in [0.3, 0.4) is 0 Å². The second-order valence-electron chi connectivity index (χ2n) is 4.17. The second-order valence-corrected chi connectivity index (χ2v) is 4.17. The zero-order valence-corrected chi connectivity index (χ0v) is 12.5. The fourth-order valence-electron chi connectivity index (χ4n) is 1.53. The van der Waals surface area contributed by atoms with Crippen LogP contribution in [-0.2, 0) is 13.6 Å². The SMILES string of the molecule is CC.Cc1ccc(CNC(=O)Nc2ccn(C)n2)cc1. The molecule has 2 amide bonds. The first-order valence-electron chi connectivity index (χ1n) is 6.73. The lowest BCUT2D eigenvalue weighted by molar-refractivity contribution is 0.251. The van der Waals surface area contributed by atoms with E-state index in [1.165, 1.54) is 5.56 Å². The molecule has 1 aromatic heterocycles. The molecular weight excluding hydrogens is 252 g/mol. The average Bonchev–Trinajstić information content (AvgIpc) is 2.86. The van der Waals surface area contributed by atoms with E-state index in [-0.39, 0.29) is 6.03 Å². The Hall–Kier alpha value is -2.30. The van der Waals surface area contributed by atoms with Crippen LogP contribution in [0.5, 0.6) is 0 Å². The van der Waals surface area contributed by atoms with E-state index < -0.39 is 0 Å². The fourth-order valence-corrected chi connectivity index (χ4v) is 1.53. The van der Waals surface area contributed by atoms with Crippen LogP contribution in [0.2, 0.25) is 0 Å². The number of urea groups is 1. The van der Waals surface area contributed by atoms with E-state index in [0.717, 1.165) is 5.56 Å². The normalized spacial score (nSPS) is 9.40. The van der Waals surface area contributed by atoms with E-state index in [9.17, 15) is 4.79 Å². The van der Waals surface area contributed by atoms with Gasteiger partial charge in [0.25, 0.3) is 0 Å². The lowest BCUT2D eigenvalue weighted by Gasteiger charge is -2.05. The van der Waals surface area contributed by atoms with Crippen LogP contribution < -0.4 is 10.6 Å². The largest absolute Gasteiger partial charge is 0.334 e. The number of nitrogens with zero attached hydrogens (tertiary/aromatic N) is 2.